The summed E-state index contributed by atoms with van der Waals surface area (Å²) in [6, 6.07) is 0.683. The zero-order valence-electron chi connectivity index (χ0n) is 14.2. The molecule has 3 rings (SSSR count). The fourth-order valence-electron chi connectivity index (χ4n) is 3.47. The minimum absolute atomic E-state index is 0.0235. The highest BCUT2D eigenvalue weighted by atomic mass is 32.1. The van der Waals surface area contributed by atoms with Gasteiger partial charge in [-0.2, -0.15) is 0 Å². The van der Waals surface area contributed by atoms with E-state index in [1.165, 1.54) is 4.88 Å². The molecule has 0 spiro atoms. The van der Waals surface area contributed by atoms with Crippen molar-refractivity contribution in [3.63, 3.8) is 0 Å². The Hall–Kier alpha value is -1.18. The molecule has 2 aliphatic heterocycles. The van der Waals surface area contributed by atoms with Gasteiger partial charge in [0, 0.05) is 36.6 Å². The van der Waals surface area contributed by atoms with Crippen LogP contribution in [0, 0.1) is 6.92 Å². The Morgan fingerprint density at radius 3 is 2.83 bits per heavy atom. The third-order valence-corrected chi connectivity index (χ3v) is 5.75. The van der Waals surface area contributed by atoms with Crippen LogP contribution in [0.5, 0.6) is 0 Å². The summed E-state index contributed by atoms with van der Waals surface area (Å²) in [5.41, 5.74) is 1.07. The average Bonchev–Trinajstić information content (AvgIpc) is 3.11. The maximum absolute atomic E-state index is 12.6. The number of ether oxygens (including phenoxy) is 1. The number of carbonyl (C=O) groups is 1. The van der Waals surface area contributed by atoms with Crippen molar-refractivity contribution < 1.29 is 9.53 Å². The van der Waals surface area contributed by atoms with Gasteiger partial charge in [-0.25, -0.2) is 9.78 Å². The topological polar surface area (TPSA) is 57.7 Å². The van der Waals surface area contributed by atoms with Crippen LogP contribution in [-0.2, 0) is 11.2 Å². The number of anilines is 1. The number of nitrogens with one attached hydrogen (secondary N) is 1. The Bertz CT molecular complexity index is 556. The van der Waals surface area contributed by atoms with E-state index in [-0.39, 0.29) is 12.1 Å². The predicted octanol–water partition coefficient (Wildman–Crippen LogP) is 2.34. The lowest BCUT2D eigenvalue weighted by Crippen LogP contribution is -2.45. The largest absolute Gasteiger partial charge is 0.379 e. The number of thiazole rings is 1. The van der Waals surface area contributed by atoms with Crippen molar-refractivity contribution in [2.75, 3.05) is 38.2 Å². The molecular formula is C16H26N4O2S. The van der Waals surface area contributed by atoms with Gasteiger partial charge in [-0.1, -0.05) is 6.92 Å². The van der Waals surface area contributed by atoms with Crippen LogP contribution in [-0.4, -0.2) is 65.7 Å². The van der Waals surface area contributed by atoms with Gasteiger partial charge in [0.2, 0.25) is 0 Å². The molecule has 1 aromatic heterocycles. The Kier molecular flexibility index (Phi) is 5.18. The van der Waals surface area contributed by atoms with Crippen LogP contribution < -0.4 is 5.32 Å². The number of morpholine rings is 1. The summed E-state index contributed by atoms with van der Waals surface area (Å²) in [7, 11) is 0. The summed E-state index contributed by atoms with van der Waals surface area (Å²) < 4.78 is 5.42. The Morgan fingerprint density at radius 1 is 1.43 bits per heavy atom. The molecule has 1 N–H and O–H groups in total. The Morgan fingerprint density at radius 2 is 2.17 bits per heavy atom. The van der Waals surface area contributed by atoms with Gasteiger partial charge < -0.3 is 9.64 Å². The molecule has 7 heteroatoms. The fraction of sp³-hybridized carbons (Fsp3) is 0.750. The van der Waals surface area contributed by atoms with E-state index in [2.05, 4.69) is 36.0 Å². The van der Waals surface area contributed by atoms with Crippen LogP contribution in [0.15, 0.2) is 0 Å². The molecule has 2 amide bonds. The van der Waals surface area contributed by atoms with Crippen molar-refractivity contribution in [1.29, 1.82) is 0 Å². The normalized spacial score (nSPS) is 25.8. The van der Waals surface area contributed by atoms with Crippen LogP contribution in [0.1, 0.15) is 30.8 Å². The van der Waals surface area contributed by atoms with E-state index < -0.39 is 0 Å². The van der Waals surface area contributed by atoms with Gasteiger partial charge in [-0.05, 0) is 26.7 Å². The SMILES string of the molecule is CCc1nc(NC(=O)N2C[C@@H](N3CCOCC3)C[C@@H]2C)sc1C. The number of likely N-dealkylation sites (tertiary alicyclic amines) is 1. The van der Waals surface area contributed by atoms with E-state index in [1.807, 2.05) is 4.90 Å². The third kappa shape index (κ3) is 3.67. The van der Waals surface area contributed by atoms with Crippen molar-refractivity contribution in [2.45, 2.75) is 45.7 Å². The van der Waals surface area contributed by atoms with E-state index >= 15 is 0 Å². The first kappa shape index (κ1) is 16.7. The summed E-state index contributed by atoms with van der Waals surface area (Å²) in [4.78, 5) is 22.7. The molecule has 0 radical (unpaired) electrons. The monoisotopic (exact) mass is 338 g/mol. The summed E-state index contributed by atoms with van der Waals surface area (Å²) in [6.45, 7) is 10.6. The van der Waals surface area contributed by atoms with Crippen LogP contribution >= 0.6 is 11.3 Å². The highest BCUT2D eigenvalue weighted by molar-refractivity contribution is 7.15. The molecule has 128 valence electrons. The smallest absolute Gasteiger partial charge is 0.323 e. The zero-order chi connectivity index (χ0) is 16.4. The number of hydrogen-bond acceptors (Lipinski definition) is 5. The second-order valence-electron chi connectivity index (χ2n) is 6.34. The van der Waals surface area contributed by atoms with Crippen LogP contribution in [0.2, 0.25) is 0 Å². The molecule has 0 saturated carbocycles. The van der Waals surface area contributed by atoms with Crippen molar-refractivity contribution in [3.05, 3.63) is 10.6 Å². The lowest BCUT2D eigenvalue weighted by atomic mass is 10.1. The highest BCUT2D eigenvalue weighted by Gasteiger charge is 2.36. The summed E-state index contributed by atoms with van der Waals surface area (Å²) >= 11 is 1.56. The molecule has 0 unspecified atom stereocenters. The van der Waals surface area contributed by atoms with Crippen molar-refractivity contribution in [2.24, 2.45) is 0 Å². The molecule has 2 fully saturated rings. The molecule has 6 nitrogen and oxygen atoms in total. The summed E-state index contributed by atoms with van der Waals surface area (Å²) in [6.07, 6.45) is 1.93. The molecule has 23 heavy (non-hydrogen) atoms. The standard InChI is InChI=1S/C16H26N4O2S/c1-4-14-12(3)23-15(17-14)18-16(21)20-10-13(9-11(20)2)19-5-7-22-8-6-19/h11,13H,4-10H2,1-3H3,(H,17,18,21)/t11-,13-/m0/s1. The Balaban J connectivity index is 1.60. The maximum Gasteiger partial charge on any atom is 0.323 e. The minimum Gasteiger partial charge on any atom is -0.379 e. The molecule has 0 aliphatic carbocycles. The van der Waals surface area contributed by atoms with Crippen LogP contribution in [0.25, 0.3) is 0 Å². The van der Waals surface area contributed by atoms with E-state index in [4.69, 9.17) is 4.74 Å². The lowest BCUT2D eigenvalue weighted by Gasteiger charge is -2.31. The van der Waals surface area contributed by atoms with Gasteiger partial charge in [0.15, 0.2) is 5.13 Å². The molecule has 0 bridgehead atoms. The van der Waals surface area contributed by atoms with Crippen molar-refractivity contribution >= 4 is 22.5 Å². The van der Waals surface area contributed by atoms with E-state index in [1.54, 1.807) is 11.3 Å². The van der Waals surface area contributed by atoms with Crippen molar-refractivity contribution in [1.82, 2.24) is 14.8 Å². The van der Waals surface area contributed by atoms with Crippen LogP contribution in [0.3, 0.4) is 0 Å². The average molecular weight is 338 g/mol. The Labute approximate surface area is 141 Å². The number of aromatic nitrogens is 1. The molecule has 0 aromatic carbocycles. The lowest BCUT2D eigenvalue weighted by molar-refractivity contribution is 0.0191. The van der Waals surface area contributed by atoms with Gasteiger partial charge in [0.1, 0.15) is 0 Å². The molecule has 1 aromatic rings. The molecule has 2 atom stereocenters. The van der Waals surface area contributed by atoms with Gasteiger partial charge in [0.25, 0.3) is 0 Å². The minimum atomic E-state index is -0.0235. The maximum atomic E-state index is 12.6. The second-order valence-corrected chi connectivity index (χ2v) is 7.55. The fourth-order valence-corrected chi connectivity index (χ4v) is 4.36. The zero-order valence-corrected chi connectivity index (χ0v) is 15.0. The molecular weight excluding hydrogens is 312 g/mol. The number of carbonyl (C=O) groups excluding carboxylic acids is 1. The summed E-state index contributed by atoms with van der Waals surface area (Å²) in [5.74, 6) is 0. The number of hydrogen-bond donors (Lipinski definition) is 1. The van der Waals surface area contributed by atoms with Gasteiger partial charge in [-0.15, -0.1) is 11.3 Å². The van der Waals surface area contributed by atoms with Gasteiger partial charge >= 0.3 is 6.03 Å². The van der Waals surface area contributed by atoms with Crippen molar-refractivity contribution in [3.8, 4) is 0 Å². The number of amides is 2. The van der Waals surface area contributed by atoms with E-state index in [0.29, 0.717) is 11.2 Å². The first-order chi connectivity index (χ1) is 11.1. The van der Waals surface area contributed by atoms with Gasteiger partial charge in [0.05, 0.1) is 18.9 Å². The number of urea groups is 1. The molecule has 3 heterocycles. The quantitative estimate of drug-likeness (QED) is 0.919. The third-order valence-electron chi connectivity index (χ3n) is 4.82. The van der Waals surface area contributed by atoms with Crippen LogP contribution in [0.4, 0.5) is 9.93 Å². The predicted molar refractivity (Wildman–Crippen MR) is 92.2 cm³/mol. The first-order valence-electron chi connectivity index (χ1n) is 8.44. The van der Waals surface area contributed by atoms with E-state index in [9.17, 15) is 4.79 Å². The van der Waals surface area contributed by atoms with E-state index in [0.717, 1.165) is 51.4 Å². The molecule has 2 aliphatic rings. The first-order valence-corrected chi connectivity index (χ1v) is 9.25. The number of rotatable bonds is 3. The number of nitrogens with zero attached hydrogens (tertiary/aromatic N) is 3. The summed E-state index contributed by atoms with van der Waals surface area (Å²) in [5, 5.41) is 3.70. The van der Waals surface area contributed by atoms with Gasteiger partial charge in [-0.3, -0.25) is 10.2 Å². The molecule has 2 saturated heterocycles. The highest BCUT2D eigenvalue weighted by Crippen LogP contribution is 2.26. The number of aryl methyl sites for hydroxylation is 2. The second kappa shape index (κ2) is 7.15.